The average molecular weight is 347 g/mol. The molecule has 1 rings (SSSR count). The van der Waals surface area contributed by atoms with Crippen LogP contribution in [0.3, 0.4) is 0 Å². The van der Waals surface area contributed by atoms with Crippen molar-refractivity contribution in [2.24, 2.45) is 0 Å². The lowest BCUT2D eigenvalue weighted by Crippen LogP contribution is -1.94. The zero-order valence-electron chi connectivity index (χ0n) is 16.9. The molecule has 0 radical (unpaired) electrons. The molecule has 0 heterocycles. The Morgan fingerprint density at radius 1 is 0.680 bits per heavy atom. The lowest BCUT2D eigenvalue weighted by molar-refractivity contribution is 0.457. The molecule has 0 fully saturated rings. The van der Waals surface area contributed by atoms with Crippen LogP contribution in [0.25, 0.3) is 0 Å². The number of phenols is 1. The van der Waals surface area contributed by atoms with Gasteiger partial charge in [-0.1, -0.05) is 122 Å². The number of phenolic OH excluding ortho intramolecular Hbond substituents is 1. The summed E-state index contributed by atoms with van der Waals surface area (Å²) in [7, 11) is 0. The van der Waals surface area contributed by atoms with E-state index in [0.29, 0.717) is 11.7 Å². The number of rotatable bonds is 16. The van der Waals surface area contributed by atoms with Crippen LogP contribution in [0.5, 0.6) is 5.75 Å². The summed E-state index contributed by atoms with van der Waals surface area (Å²) >= 11 is 0. The van der Waals surface area contributed by atoms with Gasteiger partial charge in [0.25, 0.3) is 0 Å². The third-order valence-electron chi connectivity index (χ3n) is 5.46. The Bertz CT molecular complexity index is 412. The molecule has 144 valence electrons. The van der Waals surface area contributed by atoms with Gasteiger partial charge in [0.15, 0.2) is 0 Å². The molecular formula is C24H42O. The molecule has 0 aromatic heterocycles. The van der Waals surface area contributed by atoms with E-state index < -0.39 is 0 Å². The van der Waals surface area contributed by atoms with E-state index in [4.69, 9.17) is 0 Å². The fourth-order valence-electron chi connectivity index (χ4n) is 3.70. The van der Waals surface area contributed by atoms with Gasteiger partial charge in [-0.25, -0.2) is 0 Å². The van der Waals surface area contributed by atoms with Crippen LogP contribution >= 0.6 is 0 Å². The van der Waals surface area contributed by atoms with Crippen molar-refractivity contribution in [3.8, 4) is 5.75 Å². The number of unbranched alkanes of at least 4 members (excludes halogenated alkanes) is 13. The molecule has 0 spiro atoms. The van der Waals surface area contributed by atoms with Gasteiger partial charge >= 0.3 is 0 Å². The van der Waals surface area contributed by atoms with E-state index in [1.165, 1.54) is 96.3 Å². The van der Waals surface area contributed by atoms with E-state index in [1.807, 2.05) is 12.1 Å². The quantitative estimate of drug-likeness (QED) is 0.298. The minimum atomic E-state index is 0.459. The summed E-state index contributed by atoms with van der Waals surface area (Å²) in [6.45, 7) is 4.52. The van der Waals surface area contributed by atoms with Crippen LogP contribution in [0.4, 0.5) is 0 Å². The van der Waals surface area contributed by atoms with Crippen molar-refractivity contribution < 1.29 is 5.11 Å². The molecule has 1 aromatic carbocycles. The summed E-state index contributed by atoms with van der Waals surface area (Å²) in [5, 5.41) is 9.90. The van der Waals surface area contributed by atoms with E-state index in [1.54, 1.807) is 6.07 Å². The molecule has 0 saturated heterocycles. The Kier molecular flexibility index (Phi) is 13.5. The van der Waals surface area contributed by atoms with Crippen molar-refractivity contribution in [2.45, 2.75) is 116 Å². The molecule has 1 aromatic rings. The van der Waals surface area contributed by atoms with Crippen LogP contribution in [-0.2, 0) is 0 Å². The van der Waals surface area contributed by atoms with Gasteiger partial charge in [-0.2, -0.15) is 0 Å². The standard InChI is InChI=1S/C24H42O/c1-3-4-5-6-7-8-9-10-11-12-13-14-15-16-19-22(2)23-20-17-18-21-24(23)25/h17-18,20-22,25H,3-16,19H2,1-2H3. The average Bonchev–Trinajstić information content (AvgIpc) is 2.62. The third-order valence-corrected chi connectivity index (χ3v) is 5.46. The Labute approximate surface area is 157 Å². The zero-order chi connectivity index (χ0) is 18.2. The first-order valence-corrected chi connectivity index (χ1v) is 11.0. The predicted molar refractivity (Wildman–Crippen MR) is 111 cm³/mol. The fourth-order valence-corrected chi connectivity index (χ4v) is 3.70. The largest absolute Gasteiger partial charge is 0.508 e. The van der Waals surface area contributed by atoms with Crippen molar-refractivity contribution in [3.05, 3.63) is 29.8 Å². The molecule has 1 unspecified atom stereocenters. The smallest absolute Gasteiger partial charge is 0.119 e. The minimum absolute atomic E-state index is 0.459. The van der Waals surface area contributed by atoms with E-state index in [-0.39, 0.29) is 0 Å². The highest BCUT2D eigenvalue weighted by molar-refractivity contribution is 5.34. The van der Waals surface area contributed by atoms with Crippen molar-refractivity contribution in [3.63, 3.8) is 0 Å². The molecule has 25 heavy (non-hydrogen) atoms. The molecule has 1 atom stereocenters. The van der Waals surface area contributed by atoms with Gasteiger partial charge in [0, 0.05) is 0 Å². The maximum atomic E-state index is 9.90. The van der Waals surface area contributed by atoms with Crippen LogP contribution < -0.4 is 0 Å². The number of hydrogen-bond acceptors (Lipinski definition) is 1. The Morgan fingerprint density at radius 2 is 1.12 bits per heavy atom. The molecule has 0 amide bonds. The first-order chi connectivity index (χ1) is 12.3. The molecule has 1 heteroatoms. The van der Waals surface area contributed by atoms with Gasteiger partial charge < -0.3 is 5.11 Å². The van der Waals surface area contributed by atoms with Crippen LogP contribution in [0, 0.1) is 0 Å². The Balaban J connectivity index is 1.85. The number of para-hydroxylation sites is 1. The monoisotopic (exact) mass is 346 g/mol. The summed E-state index contributed by atoms with van der Waals surface area (Å²) in [5.74, 6) is 0.930. The lowest BCUT2D eigenvalue weighted by atomic mass is 9.94. The number of aromatic hydroxyl groups is 1. The summed E-state index contributed by atoms with van der Waals surface area (Å²) in [6.07, 6.45) is 20.9. The maximum absolute atomic E-state index is 9.90. The molecule has 0 aliphatic heterocycles. The molecule has 0 aliphatic rings. The van der Waals surface area contributed by atoms with Crippen molar-refractivity contribution in [2.75, 3.05) is 0 Å². The predicted octanol–water partition coefficient (Wildman–Crippen LogP) is 8.37. The zero-order valence-corrected chi connectivity index (χ0v) is 16.9. The topological polar surface area (TPSA) is 20.2 Å². The van der Waals surface area contributed by atoms with Gasteiger partial charge in [0.05, 0.1) is 0 Å². The minimum Gasteiger partial charge on any atom is -0.508 e. The highest BCUT2D eigenvalue weighted by Gasteiger charge is 2.08. The van der Waals surface area contributed by atoms with Crippen LogP contribution in [0.2, 0.25) is 0 Å². The van der Waals surface area contributed by atoms with Gasteiger partial charge in [0.2, 0.25) is 0 Å². The SMILES string of the molecule is CCCCCCCCCCCCCCCCC(C)c1ccccc1O. The maximum Gasteiger partial charge on any atom is 0.119 e. The molecule has 0 bridgehead atoms. The second kappa shape index (κ2) is 15.3. The van der Waals surface area contributed by atoms with E-state index in [0.717, 1.165) is 5.56 Å². The second-order valence-electron chi connectivity index (χ2n) is 7.84. The molecule has 0 saturated carbocycles. The van der Waals surface area contributed by atoms with E-state index in [2.05, 4.69) is 19.9 Å². The first-order valence-electron chi connectivity index (χ1n) is 11.0. The van der Waals surface area contributed by atoms with Crippen LogP contribution in [-0.4, -0.2) is 5.11 Å². The van der Waals surface area contributed by atoms with Gasteiger partial charge in [-0.3, -0.25) is 0 Å². The Hall–Kier alpha value is -0.980. The summed E-state index contributed by atoms with van der Waals surface area (Å²) < 4.78 is 0. The number of benzene rings is 1. The van der Waals surface area contributed by atoms with Gasteiger partial charge in [-0.15, -0.1) is 0 Å². The van der Waals surface area contributed by atoms with E-state index >= 15 is 0 Å². The Morgan fingerprint density at radius 3 is 1.60 bits per heavy atom. The highest BCUT2D eigenvalue weighted by Crippen LogP contribution is 2.29. The van der Waals surface area contributed by atoms with Gasteiger partial charge in [0.1, 0.15) is 5.75 Å². The first kappa shape index (κ1) is 22.1. The lowest BCUT2D eigenvalue weighted by Gasteiger charge is -2.13. The summed E-state index contributed by atoms with van der Waals surface area (Å²) in [6, 6.07) is 7.79. The van der Waals surface area contributed by atoms with Crippen molar-refractivity contribution in [1.82, 2.24) is 0 Å². The number of hydrogen-bond donors (Lipinski definition) is 1. The molecule has 0 aliphatic carbocycles. The van der Waals surface area contributed by atoms with Gasteiger partial charge in [-0.05, 0) is 24.0 Å². The fraction of sp³-hybridized carbons (Fsp3) is 0.750. The second-order valence-corrected chi connectivity index (χ2v) is 7.84. The van der Waals surface area contributed by atoms with Crippen molar-refractivity contribution >= 4 is 0 Å². The molecule has 1 N–H and O–H groups in total. The summed E-state index contributed by atoms with van der Waals surface area (Å²) in [5.41, 5.74) is 1.11. The van der Waals surface area contributed by atoms with Crippen LogP contribution in [0.1, 0.15) is 122 Å². The van der Waals surface area contributed by atoms with Crippen LogP contribution in [0.15, 0.2) is 24.3 Å². The third kappa shape index (κ3) is 11.3. The molecule has 1 nitrogen and oxygen atoms in total. The normalized spacial score (nSPS) is 12.4. The molecular weight excluding hydrogens is 304 g/mol. The van der Waals surface area contributed by atoms with E-state index in [9.17, 15) is 5.11 Å². The highest BCUT2D eigenvalue weighted by atomic mass is 16.3. The summed E-state index contributed by atoms with van der Waals surface area (Å²) in [4.78, 5) is 0. The van der Waals surface area contributed by atoms with Crippen molar-refractivity contribution in [1.29, 1.82) is 0 Å².